The summed E-state index contributed by atoms with van der Waals surface area (Å²) >= 11 is 1.31. The zero-order chi connectivity index (χ0) is 19.7. The first-order chi connectivity index (χ1) is 13.5. The maximum absolute atomic E-state index is 13.1. The zero-order valence-electron chi connectivity index (χ0n) is 15.4. The van der Waals surface area contributed by atoms with E-state index < -0.39 is 5.25 Å². The molecule has 144 valence electrons. The van der Waals surface area contributed by atoms with Crippen molar-refractivity contribution in [3.05, 3.63) is 59.9 Å². The van der Waals surface area contributed by atoms with Gasteiger partial charge in [-0.05, 0) is 56.2 Å². The number of rotatable bonds is 5. The van der Waals surface area contributed by atoms with Crippen LogP contribution < -0.4 is 5.32 Å². The molecule has 0 spiro atoms. The number of hydrogen-bond acceptors (Lipinski definition) is 4. The number of nitrogens with one attached hydrogen (secondary N) is 1. The summed E-state index contributed by atoms with van der Waals surface area (Å²) in [4.78, 5) is 31.5. The molecular weight excluding hydrogens is 377 g/mol. The summed E-state index contributed by atoms with van der Waals surface area (Å²) in [5, 5.41) is 2.94. The van der Waals surface area contributed by atoms with E-state index in [1.807, 2.05) is 31.2 Å². The minimum atomic E-state index is -0.495. The standard InChI is InChI=1S/C21H20FN3O2S/c1-13-2-6-15(7-3-13)23-19(26)12-18-20(27)25(17-10-11-17)21(28-18)24-16-8-4-14(22)5-9-16/h2-9,17-18H,10-12H2,1H3,(H,23,26)/t18-/m0/s1. The quantitative estimate of drug-likeness (QED) is 0.820. The Hall–Kier alpha value is -2.67. The number of hydrogen-bond donors (Lipinski definition) is 1. The number of halogens is 1. The molecule has 1 aliphatic carbocycles. The van der Waals surface area contributed by atoms with Crippen LogP contribution in [0.2, 0.25) is 0 Å². The number of amides is 2. The van der Waals surface area contributed by atoms with E-state index in [1.165, 1.54) is 23.9 Å². The summed E-state index contributed by atoms with van der Waals surface area (Å²) in [6.07, 6.45) is 1.97. The predicted molar refractivity (Wildman–Crippen MR) is 109 cm³/mol. The lowest BCUT2D eigenvalue weighted by Crippen LogP contribution is -2.35. The lowest BCUT2D eigenvalue weighted by Gasteiger charge is -2.15. The summed E-state index contributed by atoms with van der Waals surface area (Å²) < 4.78 is 13.1. The van der Waals surface area contributed by atoms with E-state index in [1.54, 1.807) is 17.0 Å². The van der Waals surface area contributed by atoms with Crippen LogP contribution in [0.15, 0.2) is 53.5 Å². The fourth-order valence-corrected chi connectivity index (χ4v) is 4.22. The second-order valence-electron chi connectivity index (χ2n) is 7.04. The molecule has 1 N–H and O–H groups in total. The molecule has 2 fully saturated rings. The summed E-state index contributed by atoms with van der Waals surface area (Å²) in [6.45, 7) is 1.98. The van der Waals surface area contributed by atoms with E-state index >= 15 is 0 Å². The largest absolute Gasteiger partial charge is 0.326 e. The van der Waals surface area contributed by atoms with E-state index in [4.69, 9.17) is 0 Å². The summed E-state index contributed by atoms with van der Waals surface area (Å²) in [7, 11) is 0. The third kappa shape index (κ3) is 4.25. The Morgan fingerprint density at radius 1 is 1.18 bits per heavy atom. The van der Waals surface area contributed by atoms with Gasteiger partial charge in [-0.1, -0.05) is 29.5 Å². The molecule has 2 aromatic carbocycles. The first-order valence-electron chi connectivity index (χ1n) is 9.20. The molecule has 1 saturated carbocycles. The maximum Gasteiger partial charge on any atom is 0.242 e. The molecule has 4 rings (SSSR count). The predicted octanol–water partition coefficient (Wildman–Crippen LogP) is 4.26. The van der Waals surface area contributed by atoms with Crippen molar-refractivity contribution in [3.8, 4) is 0 Å². The van der Waals surface area contributed by atoms with Crippen LogP contribution in [-0.2, 0) is 9.59 Å². The van der Waals surface area contributed by atoms with Crippen molar-refractivity contribution in [2.45, 2.75) is 37.5 Å². The van der Waals surface area contributed by atoms with E-state index in [-0.39, 0.29) is 30.1 Å². The van der Waals surface area contributed by atoms with Gasteiger partial charge in [-0.25, -0.2) is 9.38 Å². The van der Waals surface area contributed by atoms with Crippen LogP contribution in [-0.4, -0.2) is 33.2 Å². The molecular formula is C21H20FN3O2S. The molecule has 1 heterocycles. The van der Waals surface area contributed by atoms with Crippen molar-refractivity contribution in [1.29, 1.82) is 0 Å². The van der Waals surface area contributed by atoms with Crippen LogP contribution in [0.5, 0.6) is 0 Å². The van der Waals surface area contributed by atoms with Gasteiger partial charge in [0.15, 0.2) is 5.17 Å². The molecule has 28 heavy (non-hydrogen) atoms. The number of anilines is 1. The van der Waals surface area contributed by atoms with E-state index in [2.05, 4.69) is 10.3 Å². The van der Waals surface area contributed by atoms with E-state index in [0.717, 1.165) is 18.4 Å². The molecule has 2 aromatic rings. The molecule has 2 aliphatic rings. The van der Waals surface area contributed by atoms with Crippen LogP contribution in [0.4, 0.5) is 15.8 Å². The summed E-state index contributed by atoms with van der Waals surface area (Å²) in [5.41, 5.74) is 2.42. The number of amidine groups is 1. The van der Waals surface area contributed by atoms with Gasteiger partial charge < -0.3 is 5.32 Å². The van der Waals surface area contributed by atoms with Gasteiger partial charge in [-0.15, -0.1) is 0 Å². The van der Waals surface area contributed by atoms with Crippen LogP contribution in [0.25, 0.3) is 0 Å². The topological polar surface area (TPSA) is 61.8 Å². The number of nitrogens with zero attached hydrogens (tertiary/aromatic N) is 2. The van der Waals surface area contributed by atoms with Gasteiger partial charge in [0, 0.05) is 18.2 Å². The second-order valence-corrected chi connectivity index (χ2v) is 8.20. The molecule has 1 aliphatic heterocycles. The summed E-state index contributed by atoms with van der Waals surface area (Å²) in [5.74, 6) is -0.607. The Labute approximate surface area is 167 Å². The monoisotopic (exact) mass is 397 g/mol. The van der Waals surface area contributed by atoms with E-state index in [0.29, 0.717) is 16.5 Å². The van der Waals surface area contributed by atoms with Gasteiger partial charge >= 0.3 is 0 Å². The molecule has 0 radical (unpaired) electrons. The minimum Gasteiger partial charge on any atom is -0.326 e. The van der Waals surface area contributed by atoms with Gasteiger partial charge in [0.25, 0.3) is 0 Å². The Morgan fingerprint density at radius 2 is 1.86 bits per heavy atom. The van der Waals surface area contributed by atoms with Gasteiger partial charge in [0.1, 0.15) is 11.1 Å². The number of carbonyl (C=O) groups is 2. The average Bonchev–Trinajstić information content (AvgIpc) is 3.45. The molecule has 0 aromatic heterocycles. The van der Waals surface area contributed by atoms with Crippen molar-refractivity contribution in [2.24, 2.45) is 4.99 Å². The van der Waals surface area contributed by atoms with Gasteiger partial charge in [-0.3, -0.25) is 14.5 Å². The van der Waals surface area contributed by atoms with Crippen LogP contribution in [0.3, 0.4) is 0 Å². The lowest BCUT2D eigenvalue weighted by atomic mass is 10.2. The molecule has 2 amide bonds. The Balaban J connectivity index is 1.47. The summed E-state index contributed by atoms with van der Waals surface area (Å²) in [6, 6.07) is 13.5. The number of aliphatic imine (C=N–C) groups is 1. The number of carbonyl (C=O) groups excluding carboxylic acids is 2. The molecule has 5 nitrogen and oxygen atoms in total. The van der Waals surface area contributed by atoms with Crippen molar-refractivity contribution < 1.29 is 14.0 Å². The molecule has 1 atom stereocenters. The molecule has 1 saturated heterocycles. The van der Waals surface area contributed by atoms with Crippen molar-refractivity contribution in [3.63, 3.8) is 0 Å². The Kier molecular flexibility index (Phi) is 5.17. The first-order valence-corrected chi connectivity index (χ1v) is 10.1. The average molecular weight is 397 g/mol. The maximum atomic E-state index is 13.1. The molecule has 0 bridgehead atoms. The third-order valence-corrected chi connectivity index (χ3v) is 5.79. The van der Waals surface area contributed by atoms with Crippen LogP contribution in [0, 0.1) is 12.7 Å². The smallest absolute Gasteiger partial charge is 0.242 e. The van der Waals surface area contributed by atoms with Crippen LogP contribution in [0.1, 0.15) is 24.8 Å². The minimum absolute atomic E-state index is 0.0765. The molecule has 7 heteroatoms. The third-order valence-electron chi connectivity index (χ3n) is 4.64. The van der Waals surface area contributed by atoms with Gasteiger partial charge in [0.2, 0.25) is 11.8 Å². The number of benzene rings is 2. The van der Waals surface area contributed by atoms with Crippen molar-refractivity contribution >= 4 is 40.1 Å². The van der Waals surface area contributed by atoms with Crippen LogP contribution >= 0.6 is 11.8 Å². The fourth-order valence-electron chi connectivity index (χ4n) is 3.01. The van der Waals surface area contributed by atoms with Crippen molar-refractivity contribution in [1.82, 2.24) is 4.90 Å². The highest BCUT2D eigenvalue weighted by molar-refractivity contribution is 8.15. The SMILES string of the molecule is Cc1ccc(NC(=O)C[C@@H]2SC(=Nc3ccc(F)cc3)N(C3CC3)C2=O)cc1. The van der Waals surface area contributed by atoms with Gasteiger partial charge in [-0.2, -0.15) is 0 Å². The highest BCUT2D eigenvalue weighted by Gasteiger charge is 2.46. The normalized spacial score (nSPS) is 20.6. The number of aryl methyl sites for hydroxylation is 1. The highest BCUT2D eigenvalue weighted by Crippen LogP contribution is 2.39. The highest BCUT2D eigenvalue weighted by atomic mass is 32.2. The lowest BCUT2D eigenvalue weighted by molar-refractivity contribution is -0.128. The van der Waals surface area contributed by atoms with Gasteiger partial charge in [0.05, 0.1) is 5.69 Å². The zero-order valence-corrected chi connectivity index (χ0v) is 16.2. The Bertz CT molecular complexity index is 924. The first kappa shape index (κ1) is 18.7. The van der Waals surface area contributed by atoms with E-state index in [9.17, 15) is 14.0 Å². The second kappa shape index (κ2) is 7.75. The number of thioether (sulfide) groups is 1. The fraction of sp³-hybridized carbons (Fsp3) is 0.286. The molecule has 0 unspecified atom stereocenters. The Morgan fingerprint density at radius 3 is 2.50 bits per heavy atom. The van der Waals surface area contributed by atoms with Crippen molar-refractivity contribution in [2.75, 3.05) is 5.32 Å².